The first-order chi connectivity index (χ1) is 12.2. The summed E-state index contributed by atoms with van der Waals surface area (Å²) in [6.45, 7) is 7.43. The van der Waals surface area contributed by atoms with Gasteiger partial charge in [0.25, 0.3) is 0 Å². The fraction of sp³-hybridized carbons (Fsp3) is 0.500. The predicted molar refractivity (Wildman–Crippen MR) is 98.5 cm³/mol. The highest BCUT2D eigenvalue weighted by Crippen LogP contribution is 2.40. The summed E-state index contributed by atoms with van der Waals surface area (Å²) in [5.41, 5.74) is 1.43. The van der Waals surface area contributed by atoms with E-state index in [1.54, 1.807) is 6.07 Å². The lowest BCUT2D eigenvalue weighted by atomic mass is 10.1. The summed E-state index contributed by atoms with van der Waals surface area (Å²) in [5.74, 6) is -1.27. The van der Waals surface area contributed by atoms with Gasteiger partial charge in [-0.15, -0.1) is 0 Å². The topological polar surface area (TPSA) is 77.2 Å². The SMILES string of the molecule is C[Si](C)(C)CCOCn1nc(C(=O)O)cc1-c1cc(C2CC2)ncc1F. The van der Waals surface area contributed by atoms with Gasteiger partial charge in [-0.1, -0.05) is 19.6 Å². The number of pyridine rings is 1. The van der Waals surface area contributed by atoms with Gasteiger partial charge in [0, 0.05) is 31.9 Å². The summed E-state index contributed by atoms with van der Waals surface area (Å²) >= 11 is 0. The maximum atomic E-state index is 14.4. The standard InChI is InChI=1S/C18H24FN3O3Si/c1-26(2,3)7-6-25-11-22-17(9-16(21-22)18(23)24)13-8-15(12-4-5-12)20-10-14(13)19/h8-10,12H,4-7,11H2,1-3H3,(H,23,24). The minimum absolute atomic E-state index is 0.0909. The summed E-state index contributed by atoms with van der Waals surface area (Å²) in [4.78, 5) is 15.5. The molecule has 2 aromatic heterocycles. The molecule has 0 saturated heterocycles. The summed E-state index contributed by atoms with van der Waals surface area (Å²) in [6, 6.07) is 4.08. The van der Waals surface area contributed by atoms with E-state index in [9.17, 15) is 14.3 Å². The van der Waals surface area contributed by atoms with E-state index in [0.29, 0.717) is 23.8 Å². The van der Waals surface area contributed by atoms with Crippen molar-refractivity contribution in [3.05, 3.63) is 35.5 Å². The van der Waals surface area contributed by atoms with E-state index in [-0.39, 0.29) is 12.4 Å². The number of nitrogens with zero attached hydrogens (tertiary/aromatic N) is 3. The summed E-state index contributed by atoms with van der Waals surface area (Å²) in [5, 5.41) is 13.3. The van der Waals surface area contributed by atoms with Gasteiger partial charge in [0.2, 0.25) is 0 Å². The van der Waals surface area contributed by atoms with Gasteiger partial charge >= 0.3 is 5.97 Å². The number of ether oxygens (including phenoxy) is 1. The Morgan fingerprint density at radius 2 is 2.12 bits per heavy atom. The Bertz CT molecular complexity index is 812. The lowest BCUT2D eigenvalue weighted by Gasteiger charge is -2.16. The Balaban J connectivity index is 1.86. The zero-order valence-electron chi connectivity index (χ0n) is 15.3. The van der Waals surface area contributed by atoms with Crippen molar-refractivity contribution in [3.8, 4) is 11.3 Å². The number of carbonyl (C=O) groups is 1. The molecule has 0 aliphatic heterocycles. The first-order valence-corrected chi connectivity index (χ1v) is 12.5. The van der Waals surface area contributed by atoms with Gasteiger partial charge in [0.1, 0.15) is 6.73 Å². The molecule has 2 heterocycles. The normalized spacial score (nSPS) is 14.6. The summed E-state index contributed by atoms with van der Waals surface area (Å²) in [7, 11) is -1.22. The molecule has 1 saturated carbocycles. The van der Waals surface area contributed by atoms with Crippen LogP contribution in [0, 0.1) is 5.82 Å². The molecule has 8 heteroatoms. The second-order valence-corrected chi connectivity index (χ2v) is 13.6. The molecule has 0 unspecified atom stereocenters. The quantitative estimate of drug-likeness (QED) is 0.556. The van der Waals surface area contributed by atoms with Crippen LogP contribution >= 0.6 is 0 Å². The number of carboxylic acids is 1. The molecule has 140 valence electrons. The minimum atomic E-state index is -1.22. The molecule has 6 nitrogen and oxygen atoms in total. The van der Waals surface area contributed by atoms with E-state index in [1.165, 1.54) is 16.9 Å². The van der Waals surface area contributed by atoms with Crippen LogP contribution in [0.1, 0.15) is 34.9 Å². The molecule has 26 heavy (non-hydrogen) atoms. The first-order valence-electron chi connectivity index (χ1n) is 8.79. The van der Waals surface area contributed by atoms with Crippen LogP contribution in [0.3, 0.4) is 0 Å². The molecule has 1 fully saturated rings. The maximum absolute atomic E-state index is 14.4. The van der Waals surface area contributed by atoms with Crippen molar-refractivity contribution in [1.82, 2.24) is 14.8 Å². The maximum Gasteiger partial charge on any atom is 0.356 e. The molecule has 3 rings (SSSR count). The fourth-order valence-electron chi connectivity index (χ4n) is 2.62. The molecule has 2 aromatic rings. The number of aromatic carboxylic acids is 1. The molecule has 0 radical (unpaired) electrons. The number of carboxylic acid groups (broad SMARTS) is 1. The Morgan fingerprint density at radius 1 is 1.38 bits per heavy atom. The van der Waals surface area contributed by atoms with E-state index in [4.69, 9.17) is 4.74 Å². The number of halogens is 1. The van der Waals surface area contributed by atoms with Crippen LogP contribution in [-0.2, 0) is 11.5 Å². The van der Waals surface area contributed by atoms with Crippen LogP contribution in [0.4, 0.5) is 4.39 Å². The molecular formula is C18H24FN3O3Si. The Morgan fingerprint density at radius 3 is 2.73 bits per heavy atom. The van der Waals surface area contributed by atoms with E-state index in [1.807, 2.05) is 0 Å². The zero-order chi connectivity index (χ0) is 18.9. The van der Waals surface area contributed by atoms with Gasteiger partial charge in [-0.2, -0.15) is 5.10 Å². The van der Waals surface area contributed by atoms with Gasteiger partial charge in [0.15, 0.2) is 11.5 Å². The second-order valence-electron chi connectivity index (χ2n) is 7.93. The van der Waals surface area contributed by atoms with Crippen LogP contribution in [0.5, 0.6) is 0 Å². The largest absolute Gasteiger partial charge is 0.476 e. The van der Waals surface area contributed by atoms with Crippen molar-refractivity contribution in [2.45, 2.75) is 51.2 Å². The smallest absolute Gasteiger partial charge is 0.356 e. The Kier molecular flexibility index (Phi) is 5.24. The van der Waals surface area contributed by atoms with Crippen molar-refractivity contribution < 1.29 is 19.0 Å². The fourth-order valence-corrected chi connectivity index (χ4v) is 3.38. The third-order valence-corrected chi connectivity index (χ3v) is 6.06. The van der Waals surface area contributed by atoms with E-state index in [2.05, 4.69) is 29.7 Å². The van der Waals surface area contributed by atoms with Crippen LogP contribution in [-0.4, -0.2) is 40.5 Å². The van der Waals surface area contributed by atoms with Gasteiger partial charge in [0.05, 0.1) is 11.9 Å². The monoisotopic (exact) mass is 377 g/mol. The van der Waals surface area contributed by atoms with E-state index < -0.39 is 19.9 Å². The van der Waals surface area contributed by atoms with Gasteiger partial charge < -0.3 is 9.84 Å². The van der Waals surface area contributed by atoms with Crippen molar-refractivity contribution in [2.75, 3.05) is 6.61 Å². The molecule has 0 atom stereocenters. The van der Waals surface area contributed by atoms with Gasteiger partial charge in [-0.25, -0.2) is 13.9 Å². The highest BCUT2D eigenvalue weighted by atomic mass is 28.3. The van der Waals surface area contributed by atoms with Crippen LogP contribution in [0.15, 0.2) is 18.3 Å². The average Bonchev–Trinajstić information content (AvgIpc) is 3.31. The third kappa shape index (κ3) is 4.56. The molecule has 1 N–H and O–H groups in total. The highest BCUT2D eigenvalue weighted by Gasteiger charge is 2.27. The molecule has 1 aliphatic carbocycles. The highest BCUT2D eigenvalue weighted by molar-refractivity contribution is 6.76. The second kappa shape index (κ2) is 7.28. The molecular weight excluding hydrogens is 353 g/mol. The Hall–Kier alpha value is -2.06. The number of hydrogen-bond donors (Lipinski definition) is 1. The summed E-state index contributed by atoms with van der Waals surface area (Å²) < 4.78 is 21.5. The average molecular weight is 377 g/mol. The molecule has 1 aliphatic rings. The molecule has 0 spiro atoms. The lowest BCUT2D eigenvalue weighted by Crippen LogP contribution is -2.22. The van der Waals surface area contributed by atoms with Crippen molar-refractivity contribution >= 4 is 14.0 Å². The zero-order valence-corrected chi connectivity index (χ0v) is 16.3. The predicted octanol–water partition coefficient (Wildman–Crippen LogP) is 3.97. The molecule has 0 amide bonds. The van der Waals surface area contributed by atoms with Crippen molar-refractivity contribution in [2.24, 2.45) is 0 Å². The van der Waals surface area contributed by atoms with Gasteiger partial charge in [-0.3, -0.25) is 4.98 Å². The van der Waals surface area contributed by atoms with E-state index >= 15 is 0 Å². The van der Waals surface area contributed by atoms with Crippen LogP contribution < -0.4 is 0 Å². The summed E-state index contributed by atoms with van der Waals surface area (Å²) in [6.07, 6.45) is 3.31. The lowest BCUT2D eigenvalue weighted by molar-refractivity contribution is 0.0673. The van der Waals surface area contributed by atoms with Crippen molar-refractivity contribution in [3.63, 3.8) is 0 Å². The minimum Gasteiger partial charge on any atom is -0.476 e. The number of aromatic nitrogens is 3. The Labute approximate surface area is 153 Å². The number of hydrogen-bond acceptors (Lipinski definition) is 4. The third-order valence-electron chi connectivity index (χ3n) is 4.36. The molecule has 0 aromatic carbocycles. The number of rotatable bonds is 8. The molecule has 0 bridgehead atoms. The van der Waals surface area contributed by atoms with Crippen LogP contribution in [0.2, 0.25) is 25.7 Å². The van der Waals surface area contributed by atoms with Crippen LogP contribution in [0.25, 0.3) is 11.3 Å². The van der Waals surface area contributed by atoms with E-state index in [0.717, 1.165) is 24.6 Å². The van der Waals surface area contributed by atoms with Gasteiger partial charge in [-0.05, 0) is 31.0 Å². The van der Waals surface area contributed by atoms with Crippen molar-refractivity contribution in [1.29, 1.82) is 0 Å². The first kappa shape index (κ1) is 18.7.